The topological polar surface area (TPSA) is 45.5 Å². The number of nitrogens with zero attached hydrogens (tertiary/aromatic N) is 4. The first-order valence-corrected chi connectivity index (χ1v) is 14.1. The Hall–Kier alpha value is -3.25. The molecule has 186 valence electrons. The monoisotopic (exact) mass is 497 g/mol. The van der Waals surface area contributed by atoms with Crippen LogP contribution in [-0.4, -0.2) is 45.4 Å². The van der Waals surface area contributed by atoms with Crippen molar-refractivity contribution in [3.05, 3.63) is 84.1 Å². The van der Waals surface area contributed by atoms with Crippen LogP contribution in [0.5, 0.6) is 0 Å². The van der Waals surface area contributed by atoms with Gasteiger partial charge in [-0.05, 0) is 50.0 Å². The maximum Gasteiger partial charge on any atom is 0.160 e. The molecule has 0 saturated carbocycles. The highest BCUT2D eigenvalue weighted by Gasteiger charge is 2.22. The standard InChI is InChI=1S/C30H35N5S/c1-5-24-10-6-7-12-26(24)27-18-29(35-30(33-27)21(2)19-32-35)31-20-23-14-16-34(17-15-23)22(3)25-11-8-9-13-28(25)36-4/h6-13,18-19,23,31H,3,5,14-17,20H2,1-2,4H3. The highest BCUT2D eigenvalue weighted by molar-refractivity contribution is 7.98. The quantitative estimate of drug-likeness (QED) is 0.272. The molecule has 0 atom stereocenters. The number of fused-ring (bicyclic) bond motifs is 1. The van der Waals surface area contributed by atoms with E-state index in [1.165, 1.54) is 21.6 Å². The Morgan fingerprint density at radius 2 is 1.86 bits per heavy atom. The summed E-state index contributed by atoms with van der Waals surface area (Å²) in [5.74, 6) is 1.62. The number of hydrogen-bond donors (Lipinski definition) is 1. The highest BCUT2D eigenvalue weighted by atomic mass is 32.2. The fourth-order valence-corrected chi connectivity index (χ4v) is 5.74. The van der Waals surface area contributed by atoms with Crippen LogP contribution < -0.4 is 5.32 Å². The fourth-order valence-electron chi connectivity index (χ4n) is 5.12. The van der Waals surface area contributed by atoms with Gasteiger partial charge in [0.1, 0.15) is 5.82 Å². The lowest BCUT2D eigenvalue weighted by Gasteiger charge is -2.35. The Labute approximate surface area is 218 Å². The molecule has 2 aromatic carbocycles. The third kappa shape index (κ3) is 4.87. The normalized spacial score (nSPS) is 14.4. The Bertz CT molecular complexity index is 1370. The van der Waals surface area contributed by atoms with E-state index in [1.54, 1.807) is 11.8 Å². The van der Waals surface area contributed by atoms with Crippen LogP contribution in [-0.2, 0) is 6.42 Å². The summed E-state index contributed by atoms with van der Waals surface area (Å²) in [6, 6.07) is 19.3. The number of nitrogens with one attached hydrogen (secondary N) is 1. The molecule has 0 unspecified atom stereocenters. The van der Waals surface area contributed by atoms with Crippen molar-refractivity contribution >= 4 is 28.9 Å². The van der Waals surface area contributed by atoms with E-state index in [1.807, 2.05) is 10.7 Å². The zero-order chi connectivity index (χ0) is 25.1. The number of piperidine rings is 1. The molecule has 0 amide bonds. The number of thioether (sulfide) groups is 1. The fraction of sp³-hybridized carbons (Fsp3) is 0.333. The second kappa shape index (κ2) is 10.8. The van der Waals surface area contributed by atoms with Crippen molar-refractivity contribution in [2.75, 3.05) is 31.2 Å². The molecule has 0 aliphatic carbocycles. The second-order valence-electron chi connectivity index (χ2n) is 9.56. The molecule has 0 spiro atoms. The van der Waals surface area contributed by atoms with Gasteiger partial charge in [-0.15, -0.1) is 11.8 Å². The summed E-state index contributed by atoms with van der Waals surface area (Å²) in [6.07, 6.45) is 7.30. The summed E-state index contributed by atoms with van der Waals surface area (Å²) in [7, 11) is 0. The van der Waals surface area contributed by atoms with Gasteiger partial charge in [0.15, 0.2) is 5.65 Å². The van der Waals surface area contributed by atoms with E-state index in [0.29, 0.717) is 5.92 Å². The molecular weight excluding hydrogens is 462 g/mol. The molecule has 1 saturated heterocycles. The smallest absolute Gasteiger partial charge is 0.160 e. The lowest BCUT2D eigenvalue weighted by atomic mass is 9.95. The minimum atomic E-state index is 0.607. The first kappa shape index (κ1) is 24.4. The van der Waals surface area contributed by atoms with Gasteiger partial charge in [0.2, 0.25) is 0 Å². The van der Waals surface area contributed by atoms with Crippen molar-refractivity contribution < 1.29 is 0 Å². The summed E-state index contributed by atoms with van der Waals surface area (Å²) in [5.41, 5.74) is 7.93. The van der Waals surface area contributed by atoms with Crippen molar-refractivity contribution in [1.29, 1.82) is 0 Å². The van der Waals surface area contributed by atoms with E-state index in [4.69, 9.17) is 4.98 Å². The molecular formula is C30H35N5S. The summed E-state index contributed by atoms with van der Waals surface area (Å²) in [5, 5.41) is 8.34. The molecule has 1 fully saturated rings. The van der Waals surface area contributed by atoms with Gasteiger partial charge >= 0.3 is 0 Å². The number of aromatic nitrogens is 3. The van der Waals surface area contributed by atoms with Crippen LogP contribution in [0.3, 0.4) is 0 Å². The lowest BCUT2D eigenvalue weighted by Crippen LogP contribution is -2.34. The van der Waals surface area contributed by atoms with Gasteiger partial charge in [0, 0.05) is 53.0 Å². The van der Waals surface area contributed by atoms with Crippen molar-refractivity contribution in [2.45, 2.75) is 38.0 Å². The van der Waals surface area contributed by atoms with Gasteiger partial charge in [-0.3, -0.25) is 0 Å². The average Bonchev–Trinajstić information content (AvgIpc) is 3.32. The van der Waals surface area contributed by atoms with Crippen LogP contribution in [0, 0.1) is 12.8 Å². The maximum absolute atomic E-state index is 4.98. The van der Waals surface area contributed by atoms with E-state index in [-0.39, 0.29) is 0 Å². The molecule has 6 heteroatoms. The molecule has 1 N–H and O–H groups in total. The Morgan fingerprint density at radius 1 is 1.11 bits per heavy atom. The van der Waals surface area contributed by atoms with Crippen molar-refractivity contribution in [2.24, 2.45) is 5.92 Å². The number of anilines is 1. The van der Waals surface area contributed by atoms with Crippen LogP contribution in [0.15, 0.2) is 72.3 Å². The van der Waals surface area contributed by atoms with Crippen LogP contribution in [0.4, 0.5) is 5.82 Å². The highest BCUT2D eigenvalue weighted by Crippen LogP contribution is 2.31. The minimum Gasteiger partial charge on any atom is -0.371 e. The van der Waals surface area contributed by atoms with Gasteiger partial charge in [-0.1, -0.05) is 56.0 Å². The number of benzene rings is 2. The molecule has 0 radical (unpaired) electrons. The SMILES string of the molecule is C=C(c1ccccc1SC)N1CCC(CNc2cc(-c3ccccc3CC)nc3c(C)cnn23)CC1. The zero-order valence-corrected chi connectivity index (χ0v) is 22.3. The molecule has 1 aliphatic heterocycles. The lowest BCUT2D eigenvalue weighted by molar-refractivity contribution is 0.263. The first-order valence-electron chi connectivity index (χ1n) is 12.8. The predicted molar refractivity (Wildman–Crippen MR) is 153 cm³/mol. The molecule has 5 nitrogen and oxygen atoms in total. The molecule has 4 aromatic rings. The van der Waals surface area contributed by atoms with Crippen molar-refractivity contribution in [3.8, 4) is 11.3 Å². The average molecular weight is 498 g/mol. The number of hydrogen-bond acceptors (Lipinski definition) is 5. The molecule has 0 bridgehead atoms. The van der Waals surface area contributed by atoms with Gasteiger partial charge in [-0.2, -0.15) is 9.61 Å². The van der Waals surface area contributed by atoms with Crippen LogP contribution in [0.25, 0.3) is 22.6 Å². The summed E-state index contributed by atoms with van der Waals surface area (Å²) < 4.78 is 1.95. The molecule has 5 rings (SSSR count). The Balaban J connectivity index is 1.29. The Morgan fingerprint density at radius 3 is 2.64 bits per heavy atom. The van der Waals surface area contributed by atoms with Crippen LogP contribution in [0.2, 0.25) is 0 Å². The number of aryl methyl sites for hydroxylation is 2. The molecule has 2 aromatic heterocycles. The largest absolute Gasteiger partial charge is 0.371 e. The van der Waals surface area contributed by atoms with Crippen LogP contribution in [0.1, 0.15) is 36.5 Å². The second-order valence-corrected chi connectivity index (χ2v) is 10.4. The third-order valence-electron chi connectivity index (χ3n) is 7.31. The van der Waals surface area contributed by atoms with Crippen molar-refractivity contribution in [1.82, 2.24) is 19.5 Å². The van der Waals surface area contributed by atoms with E-state index in [9.17, 15) is 0 Å². The Kier molecular flexibility index (Phi) is 7.33. The summed E-state index contributed by atoms with van der Waals surface area (Å²) >= 11 is 1.79. The zero-order valence-electron chi connectivity index (χ0n) is 21.5. The third-order valence-corrected chi connectivity index (χ3v) is 8.10. The molecule has 36 heavy (non-hydrogen) atoms. The van der Waals surface area contributed by atoms with Gasteiger partial charge in [-0.25, -0.2) is 4.98 Å². The van der Waals surface area contributed by atoms with Gasteiger partial charge in [0.25, 0.3) is 0 Å². The number of rotatable bonds is 8. The van der Waals surface area contributed by atoms with E-state index in [2.05, 4.69) is 96.6 Å². The maximum atomic E-state index is 4.98. The van der Waals surface area contributed by atoms with E-state index >= 15 is 0 Å². The first-order chi connectivity index (χ1) is 17.6. The summed E-state index contributed by atoms with van der Waals surface area (Å²) in [4.78, 5) is 8.73. The predicted octanol–water partition coefficient (Wildman–Crippen LogP) is 6.78. The minimum absolute atomic E-state index is 0.607. The van der Waals surface area contributed by atoms with Crippen molar-refractivity contribution in [3.63, 3.8) is 0 Å². The molecule has 1 aliphatic rings. The van der Waals surface area contributed by atoms with E-state index < -0.39 is 0 Å². The van der Waals surface area contributed by atoms with Gasteiger partial charge in [0.05, 0.1) is 11.9 Å². The summed E-state index contributed by atoms with van der Waals surface area (Å²) in [6.45, 7) is 11.7. The van der Waals surface area contributed by atoms with Gasteiger partial charge < -0.3 is 10.2 Å². The van der Waals surface area contributed by atoms with E-state index in [0.717, 1.165) is 67.3 Å². The number of likely N-dealkylation sites (tertiary alicyclic amines) is 1. The van der Waals surface area contributed by atoms with Crippen LogP contribution >= 0.6 is 11.8 Å². The molecule has 3 heterocycles.